The molecule has 1 saturated heterocycles. The number of fused-ring (bicyclic) bond motifs is 1. The van der Waals surface area contributed by atoms with Crippen LogP contribution in [0.15, 0.2) is 29.2 Å². The maximum atomic E-state index is 12.3. The fourth-order valence-electron chi connectivity index (χ4n) is 2.87. The van der Waals surface area contributed by atoms with Crippen molar-refractivity contribution in [2.75, 3.05) is 13.2 Å². The van der Waals surface area contributed by atoms with E-state index in [0.717, 1.165) is 12.8 Å². The van der Waals surface area contributed by atoms with Gasteiger partial charge < -0.3 is 9.47 Å². The van der Waals surface area contributed by atoms with Crippen molar-refractivity contribution in [3.8, 4) is 0 Å². The minimum Gasteiger partial charge on any atom is -0.373 e. The third-order valence-electron chi connectivity index (χ3n) is 3.92. The standard InChI is InChI=1S/C14H18ClNO4S/c15-10-1-4-12(5-2-10)21(17,18)16-11-3-6-13-14(9-11)20-8-7-19-13/h1-2,4-5,11,13-14,16H,3,6-9H2. The third kappa shape index (κ3) is 3.57. The zero-order chi connectivity index (χ0) is 14.9. The molecule has 3 rings (SSSR count). The average Bonchev–Trinajstić information content (AvgIpc) is 2.47. The Morgan fingerprint density at radius 2 is 1.71 bits per heavy atom. The molecule has 0 spiro atoms. The fourth-order valence-corrected chi connectivity index (χ4v) is 4.28. The van der Waals surface area contributed by atoms with Gasteiger partial charge in [-0.1, -0.05) is 11.6 Å². The predicted molar refractivity (Wildman–Crippen MR) is 78.9 cm³/mol. The number of sulfonamides is 1. The molecule has 0 aromatic heterocycles. The third-order valence-corrected chi connectivity index (χ3v) is 5.71. The monoisotopic (exact) mass is 331 g/mol. The van der Waals surface area contributed by atoms with Crippen LogP contribution in [-0.2, 0) is 19.5 Å². The summed E-state index contributed by atoms with van der Waals surface area (Å²) in [5.41, 5.74) is 0. The summed E-state index contributed by atoms with van der Waals surface area (Å²) in [6.45, 7) is 1.21. The Labute approximate surface area is 129 Å². The first-order valence-electron chi connectivity index (χ1n) is 7.06. The van der Waals surface area contributed by atoms with Gasteiger partial charge in [0.1, 0.15) is 0 Å². The van der Waals surface area contributed by atoms with Crippen molar-refractivity contribution >= 4 is 21.6 Å². The molecule has 0 radical (unpaired) electrons. The predicted octanol–water partition coefficient (Wildman–Crippen LogP) is 1.95. The number of hydrogen-bond donors (Lipinski definition) is 1. The first-order chi connectivity index (χ1) is 10.0. The van der Waals surface area contributed by atoms with E-state index in [9.17, 15) is 8.42 Å². The number of nitrogens with one attached hydrogen (secondary N) is 1. The second-order valence-corrected chi connectivity index (χ2v) is 7.55. The summed E-state index contributed by atoms with van der Waals surface area (Å²) < 4.78 is 38.8. The molecule has 1 aromatic carbocycles. The number of halogens is 1. The van der Waals surface area contributed by atoms with Gasteiger partial charge in [-0.2, -0.15) is 0 Å². The highest BCUT2D eigenvalue weighted by atomic mass is 35.5. The lowest BCUT2D eigenvalue weighted by atomic mass is 9.90. The molecule has 1 aliphatic heterocycles. The summed E-state index contributed by atoms with van der Waals surface area (Å²) in [5.74, 6) is 0. The van der Waals surface area contributed by atoms with E-state index >= 15 is 0 Å². The van der Waals surface area contributed by atoms with Gasteiger partial charge in [-0.3, -0.25) is 0 Å². The summed E-state index contributed by atoms with van der Waals surface area (Å²) in [5, 5.41) is 0.516. The number of ether oxygens (including phenoxy) is 2. The van der Waals surface area contributed by atoms with Gasteiger partial charge in [-0.15, -0.1) is 0 Å². The molecule has 5 nitrogen and oxygen atoms in total. The Morgan fingerprint density at radius 3 is 2.43 bits per heavy atom. The van der Waals surface area contributed by atoms with E-state index in [1.165, 1.54) is 12.1 Å². The minimum absolute atomic E-state index is 0.00887. The molecular formula is C14H18ClNO4S. The van der Waals surface area contributed by atoms with Crippen molar-refractivity contribution in [1.29, 1.82) is 0 Å². The Morgan fingerprint density at radius 1 is 1.05 bits per heavy atom. The SMILES string of the molecule is O=S(=O)(NC1CCC2OCCOC2C1)c1ccc(Cl)cc1. The van der Waals surface area contributed by atoms with Crippen LogP contribution in [0.5, 0.6) is 0 Å². The number of rotatable bonds is 3. The lowest BCUT2D eigenvalue weighted by Crippen LogP contribution is -2.49. The van der Waals surface area contributed by atoms with E-state index in [1.807, 2.05) is 0 Å². The van der Waals surface area contributed by atoms with Crippen molar-refractivity contribution < 1.29 is 17.9 Å². The van der Waals surface area contributed by atoms with Gasteiger partial charge in [0.25, 0.3) is 0 Å². The van der Waals surface area contributed by atoms with Crippen LogP contribution in [-0.4, -0.2) is 39.9 Å². The maximum Gasteiger partial charge on any atom is 0.240 e. The Kier molecular flexibility index (Phi) is 4.51. The molecule has 3 atom stereocenters. The highest BCUT2D eigenvalue weighted by molar-refractivity contribution is 7.89. The summed E-state index contributed by atoms with van der Waals surface area (Å²) >= 11 is 5.78. The minimum atomic E-state index is -3.52. The lowest BCUT2D eigenvalue weighted by Gasteiger charge is -2.38. The highest BCUT2D eigenvalue weighted by Crippen LogP contribution is 2.27. The molecular weight excluding hydrogens is 314 g/mol. The van der Waals surface area contributed by atoms with Gasteiger partial charge in [0.15, 0.2) is 0 Å². The molecule has 2 fully saturated rings. The molecule has 0 amide bonds. The van der Waals surface area contributed by atoms with Gasteiger partial charge in [0.05, 0.1) is 30.3 Å². The summed E-state index contributed by atoms with van der Waals surface area (Å²) in [6, 6.07) is 6.05. The summed E-state index contributed by atoms with van der Waals surface area (Å²) in [4.78, 5) is 0.231. The van der Waals surface area contributed by atoms with Gasteiger partial charge in [0, 0.05) is 11.1 Å². The van der Waals surface area contributed by atoms with E-state index in [2.05, 4.69) is 4.72 Å². The van der Waals surface area contributed by atoms with Crippen LogP contribution in [0.3, 0.4) is 0 Å². The Bertz CT molecular complexity index is 589. The van der Waals surface area contributed by atoms with E-state index in [4.69, 9.17) is 21.1 Å². The quantitative estimate of drug-likeness (QED) is 0.919. The zero-order valence-corrected chi connectivity index (χ0v) is 13.1. The summed E-state index contributed by atoms with van der Waals surface area (Å²) in [6.07, 6.45) is 2.33. The Hall–Kier alpha value is -0.660. The molecule has 0 bridgehead atoms. The van der Waals surface area contributed by atoms with Crippen LogP contribution in [0, 0.1) is 0 Å². The van der Waals surface area contributed by atoms with Crippen molar-refractivity contribution in [3.05, 3.63) is 29.3 Å². The van der Waals surface area contributed by atoms with Gasteiger partial charge in [-0.05, 0) is 43.5 Å². The van der Waals surface area contributed by atoms with Gasteiger partial charge in [-0.25, -0.2) is 13.1 Å². The molecule has 21 heavy (non-hydrogen) atoms. The molecule has 1 heterocycles. The molecule has 116 valence electrons. The van der Waals surface area contributed by atoms with Crippen molar-refractivity contribution in [3.63, 3.8) is 0 Å². The van der Waals surface area contributed by atoms with Crippen LogP contribution in [0.1, 0.15) is 19.3 Å². The molecule has 1 aliphatic carbocycles. The van der Waals surface area contributed by atoms with E-state index in [0.29, 0.717) is 24.7 Å². The Balaban J connectivity index is 1.67. The zero-order valence-electron chi connectivity index (χ0n) is 11.5. The normalized spacial score (nSPS) is 29.9. The van der Waals surface area contributed by atoms with Crippen LogP contribution in [0.25, 0.3) is 0 Å². The molecule has 1 aromatic rings. The van der Waals surface area contributed by atoms with Crippen LogP contribution in [0.2, 0.25) is 5.02 Å². The first-order valence-corrected chi connectivity index (χ1v) is 8.92. The lowest BCUT2D eigenvalue weighted by molar-refractivity contribution is -0.156. The maximum absolute atomic E-state index is 12.3. The van der Waals surface area contributed by atoms with Crippen molar-refractivity contribution in [2.45, 2.75) is 42.4 Å². The van der Waals surface area contributed by atoms with E-state index in [-0.39, 0.29) is 23.1 Å². The van der Waals surface area contributed by atoms with E-state index < -0.39 is 10.0 Å². The largest absolute Gasteiger partial charge is 0.373 e. The fraction of sp³-hybridized carbons (Fsp3) is 0.571. The summed E-state index contributed by atoms with van der Waals surface area (Å²) in [7, 11) is -3.52. The second kappa shape index (κ2) is 6.22. The van der Waals surface area contributed by atoms with Crippen LogP contribution >= 0.6 is 11.6 Å². The van der Waals surface area contributed by atoms with Gasteiger partial charge >= 0.3 is 0 Å². The average molecular weight is 332 g/mol. The van der Waals surface area contributed by atoms with E-state index in [1.54, 1.807) is 12.1 Å². The highest BCUT2D eigenvalue weighted by Gasteiger charge is 2.35. The molecule has 1 N–H and O–H groups in total. The molecule has 2 aliphatic rings. The van der Waals surface area contributed by atoms with Crippen molar-refractivity contribution in [1.82, 2.24) is 4.72 Å². The molecule has 1 saturated carbocycles. The number of benzene rings is 1. The molecule has 3 unspecified atom stereocenters. The first kappa shape index (κ1) is 15.2. The molecule has 7 heteroatoms. The second-order valence-electron chi connectivity index (χ2n) is 5.40. The smallest absolute Gasteiger partial charge is 0.240 e. The van der Waals surface area contributed by atoms with Crippen LogP contribution in [0.4, 0.5) is 0 Å². The van der Waals surface area contributed by atoms with Crippen molar-refractivity contribution in [2.24, 2.45) is 0 Å². The topological polar surface area (TPSA) is 64.6 Å². The number of hydrogen-bond acceptors (Lipinski definition) is 4. The van der Waals surface area contributed by atoms with Gasteiger partial charge in [0.2, 0.25) is 10.0 Å². The van der Waals surface area contributed by atoms with Crippen LogP contribution < -0.4 is 4.72 Å².